The molecule has 0 aromatic heterocycles. The molecular weight excluding hydrogens is 298 g/mol. The van der Waals surface area contributed by atoms with Crippen molar-refractivity contribution in [2.45, 2.75) is 39.7 Å². The maximum atomic E-state index is 6.06. The molecule has 0 bridgehead atoms. The van der Waals surface area contributed by atoms with Crippen LogP contribution in [-0.4, -0.2) is 7.05 Å². The largest absolute Gasteiger partial charge is 0.313 e. The number of halogens is 2. The van der Waals surface area contributed by atoms with Crippen LogP contribution in [0.3, 0.4) is 0 Å². The molecule has 0 aliphatic heterocycles. The highest BCUT2D eigenvalue weighted by Crippen LogP contribution is 2.32. The van der Waals surface area contributed by atoms with E-state index in [0.29, 0.717) is 11.5 Å². The minimum Gasteiger partial charge on any atom is -0.313 e. The maximum Gasteiger partial charge on any atom is 0.0410 e. The standard InChI is InChI=1S/C14H21BrClN/c1-14(2,3)8-7-13(17-4)11-9-10(16)5-6-12(11)15/h5-6,9,13,17H,7-8H2,1-4H3. The first-order chi connectivity index (χ1) is 7.83. The highest BCUT2D eigenvalue weighted by atomic mass is 79.9. The Morgan fingerprint density at radius 1 is 1.35 bits per heavy atom. The molecule has 1 aromatic rings. The second kappa shape index (κ2) is 6.21. The molecule has 1 nitrogen and oxygen atoms in total. The van der Waals surface area contributed by atoms with Gasteiger partial charge < -0.3 is 5.32 Å². The molecule has 1 atom stereocenters. The topological polar surface area (TPSA) is 12.0 Å². The molecular formula is C14H21BrClN. The summed E-state index contributed by atoms with van der Waals surface area (Å²) in [4.78, 5) is 0. The van der Waals surface area contributed by atoms with Gasteiger partial charge in [0.15, 0.2) is 0 Å². The van der Waals surface area contributed by atoms with Crippen LogP contribution < -0.4 is 5.32 Å². The van der Waals surface area contributed by atoms with E-state index >= 15 is 0 Å². The molecule has 0 radical (unpaired) electrons. The average molecular weight is 319 g/mol. The summed E-state index contributed by atoms with van der Waals surface area (Å²) in [5, 5.41) is 4.16. The number of rotatable bonds is 4. The predicted molar refractivity (Wildman–Crippen MR) is 79.6 cm³/mol. The van der Waals surface area contributed by atoms with E-state index < -0.39 is 0 Å². The van der Waals surface area contributed by atoms with Crippen molar-refractivity contribution >= 4 is 27.5 Å². The van der Waals surface area contributed by atoms with Crippen molar-refractivity contribution < 1.29 is 0 Å². The van der Waals surface area contributed by atoms with Gasteiger partial charge in [-0.1, -0.05) is 48.3 Å². The molecule has 1 unspecified atom stereocenters. The normalized spacial score (nSPS) is 13.8. The van der Waals surface area contributed by atoms with Crippen molar-refractivity contribution in [3.63, 3.8) is 0 Å². The van der Waals surface area contributed by atoms with Crippen LogP contribution in [-0.2, 0) is 0 Å². The Hall–Kier alpha value is -0.0500. The fourth-order valence-corrected chi connectivity index (χ4v) is 2.52. The monoisotopic (exact) mass is 317 g/mol. The van der Waals surface area contributed by atoms with E-state index in [1.165, 1.54) is 12.0 Å². The zero-order chi connectivity index (χ0) is 13.1. The molecule has 0 fully saturated rings. The number of nitrogens with one attached hydrogen (secondary N) is 1. The summed E-state index contributed by atoms with van der Waals surface area (Å²) in [5.41, 5.74) is 1.60. The summed E-state index contributed by atoms with van der Waals surface area (Å²) in [6.07, 6.45) is 2.29. The molecule has 0 aliphatic carbocycles. The van der Waals surface area contributed by atoms with Crippen LogP contribution in [0, 0.1) is 5.41 Å². The van der Waals surface area contributed by atoms with Crippen LogP contribution in [0.4, 0.5) is 0 Å². The molecule has 1 rings (SSSR count). The second-order valence-corrected chi connectivity index (χ2v) is 6.90. The van der Waals surface area contributed by atoms with Crippen LogP contribution in [0.1, 0.15) is 45.2 Å². The highest BCUT2D eigenvalue weighted by molar-refractivity contribution is 9.10. The predicted octanol–water partition coefficient (Wildman–Crippen LogP) is 5.19. The minimum atomic E-state index is 0.349. The van der Waals surface area contributed by atoms with Crippen molar-refractivity contribution in [2.24, 2.45) is 5.41 Å². The van der Waals surface area contributed by atoms with Crippen molar-refractivity contribution in [3.05, 3.63) is 33.3 Å². The first kappa shape index (κ1) is 15.0. The number of hydrogen-bond donors (Lipinski definition) is 1. The number of benzene rings is 1. The van der Waals surface area contributed by atoms with Gasteiger partial charge in [-0.05, 0) is 49.1 Å². The zero-order valence-electron chi connectivity index (χ0n) is 11.0. The van der Waals surface area contributed by atoms with Crippen molar-refractivity contribution in [2.75, 3.05) is 7.05 Å². The Balaban J connectivity index is 2.82. The molecule has 1 N–H and O–H groups in total. The summed E-state index contributed by atoms with van der Waals surface area (Å²) in [6, 6.07) is 6.31. The lowest BCUT2D eigenvalue weighted by Crippen LogP contribution is -2.19. The van der Waals surface area contributed by atoms with Gasteiger partial charge in [0, 0.05) is 15.5 Å². The second-order valence-electron chi connectivity index (χ2n) is 5.61. The van der Waals surface area contributed by atoms with Gasteiger partial charge in [-0.2, -0.15) is 0 Å². The molecule has 0 heterocycles. The van der Waals surface area contributed by atoms with Crippen molar-refractivity contribution in [3.8, 4) is 0 Å². The molecule has 17 heavy (non-hydrogen) atoms. The molecule has 96 valence electrons. The first-order valence-corrected chi connectivity index (χ1v) is 7.13. The lowest BCUT2D eigenvalue weighted by molar-refractivity contribution is 0.337. The molecule has 0 saturated carbocycles. The first-order valence-electron chi connectivity index (χ1n) is 5.96. The Kier molecular flexibility index (Phi) is 5.49. The van der Waals surface area contributed by atoms with Crippen LogP contribution >= 0.6 is 27.5 Å². The third-order valence-corrected chi connectivity index (χ3v) is 3.82. The van der Waals surface area contributed by atoms with E-state index in [-0.39, 0.29) is 0 Å². The van der Waals surface area contributed by atoms with E-state index in [1.54, 1.807) is 0 Å². The van der Waals surface area contributed by atoms with Crippen molar-refractivity contribution in [1.29, 1.82) is 0 Å². The van der Waals surface area contributed by atoms with Gasteiger partial charge >= 0.3 is 0 Å². The van der Waals surface area contributed by atoms with Gasteiger partial charge in [-0.3, -0.25) is 0 Å². The summed E-state index contributed by atoms with van der Waals surface area (Å²) in [7, 11) is 2.00. The van der Waals surface area contributed by atoms with Crippen LogP contribution in [0.25, 0.3) is 0 Å². The van der Waals surface area contributed by atoms with Gasteiger partial charge in [-0.15, -0.1) is 0 Å². The van der Waals surface area contributed by atoms with Crippen LogP contribution in [0.5, 0.6) is 0 Å². The summed E-state index contributed by atoms with van der Waals surface area (Å²) in [5.74, 6) is 0. The van der Waals surface area contributed by atoms with Crippen molar-refractivity contribution in [1.82, 2.24) is 5.32 Å². The van der Waals surface area contributed by atoms with Gasteiger partial charge in [0.2, 0.25) is 0 Å². The van der Waals surface area contributed by atoms with Gasteiger partial charge in [-0.25, -0.2) is 0 Å². The maximum absolute atomic E-state index is 6.06. The summed E-state index contributed by atoms with van der Waals surface area (Å²) < 4.78 is 1.12. The highest BCUT2D eigenvalue weighted by Gasteiger charge is 2.17. The lowest BCUT2D eigenvalue weighted by atomic mass is 9.87. The van der Waals surface area contributed by atoms with E-state index in [1.807, 2.05) is 25.2 Å². The summed E-state index contributed by atoms with van der Waals surface area (Å²) in [6.45, 7) is 6.81. The average Bonchev–Trinajstić information content (AvgIpc) is 2.22. The molecule has 1 aromatic carbocycles. The van der Waals surface area contributed by atoms with E-state index in [2.05, 4.69) is 42.0 Å². The van der Waals surface area contributed by atoms with E-state index in [0.717, 1.165) is 15.9 Å². The quantitative estimate of drug-likeness (QED) is 0.805. The van der Waals surface area contributed by atoms with Gasteiger partial charge in [0.25, 0.3) is 0 Å². The zero-order valence-corrected chi connectivity index (χ0v) is 13.3. The number of hydrogen-bond acceptors (Lipinski definition) is 1. The minimum absolute atomic E-state index is 0.349. The van der Waals surface area contributed by atoms with E-state index in [9.17, 15) is 0 Å². The van der Waals surface area contributed by atoms with Crippen LogP contribution in [0.15, 0.2) is 22.7 Å². The molecule has 0 amide bonds. The Bertz CT molecular complexity index is 371. The Morgan fingerprint density at radius 3 is 2.53 bits per heavy atom. The smallest absolute Gasteiger partial charge is 0.0410 e. The fraction of sp³-hybridized carbons (Fsp3) is 0.571. The molecule has 3 heteroatoms. The lowest BCUT2D eigenvalue weighted by Gasteiger charge is -2.24. The van der Waals surface area contributed by atoms with Crippen LogP contribution in [0.2, 0.25) is 5.02 Å². The van der Waals surface area contributed by atoms with Gasteiger partial charge in [0.1, 0.15) is 0 Å². The van der Waals surface area contributed by atoms with Gasteiger partial charge in [0.05, 0.1) is 0 Å². The SMILES string of the molecule is CNC(CCC(C)(C)C)c1cc(Cl)ccc1Br. The summed E-state index contributed by atoms with van der Waals surface area (Å²) >= 11 is 9.65. The molecule has 0 spiro atoms. The third kappa shape index (κ3) is 4.99. The third-order valence-electron chi connectivity index (χ3n) is 2.86. The fourth-order valence-electron chi connectivity index (χ4n) is 1.81. The Labute approximate surface area is 118 Å². The molecule has 0 aliphatic rings. The molecule has 0 saturated heterocycles. The Morgan fingerprint density at radius 2 is 2.00 bits per heavy atom. The van der Waals surface area contributed by atoms with E-state index in [4.69, 9.17) is 11.6 Å².